The van der Waals surface area contributed by atoms with Crippen LogP contribution in [-0.4, -0.2) is 11.3 Å². The lowest BCUT2D eigenvalue weighted by molar-refractivity contribution is -0.274. The maximum Gasteiger partial charge on any atom is 0.573 e. The van der Waals surface area contributed by atoms with Crippen LogP contribution in [0.4, 0.5) is 17.6 Å². The van der Waals surface area contributed by atoms with E-state index >= 15 is 0 Å². The second kappa shape index (κ2) is 6.97. The Bertz CT molecular complexity index is 1280. The van der Waals surface area contributed by atoms with Gasteiger partial charge < -0.3 is 14.5 Å². The number of nitrogens with one attached hydrogen (secondary N) is 1. The van der Waals surface area contributed by atoms with Crippen molar-refractivity contribution in [1.82, 2.24) is 4.98 Å². The average Bonchev–Trinajstić information content (AvgIpc) is 2.61. The molecule has 0 saturated heterocycles. The van der Waals surface area contributed by atoms with Gasteiger partial charge in [0.05, 0.1) is 16.4 Å². The van der Waals surface area contributed by atoms with E-state index in [2.05, 4.69) is 9.72 Å². The number of hydrogen-bond acceptors (Lipinski definition) is 3. The quantitative estimate of drug-likeness (QED) is 0.317. The van der Waals surface area contributed by atoms with Gasteiger partial charge in [-0.2, -0.15) is 0 Å². The number of ether oxygens (including phenoxy) is 2. The number of fused-ring (bicyclic) bond motifs is 2. The van der Waals surface area contributed by atoms with E-state index in [1.807, 2.05) is 0 Å². The molecule has 0 radical (unpaired) electrons. The van der Waals surface area contributed by atoms with Gasteiger partial charge in [-0.05, 0) is 48.5 Å². The predicted molar refractivity (Wildman–Crippen MR) is 100 cm³/mol. The van der Waals surface area contributed by atoms with Gasteiger partial charge in [0.25, 0.3) is 0 Å². The van der Waals surface area contributed by atoms with Crippen molar-refractivity contribution in [3.63, 3.8) is 0 Å². The molecule has 1 heterocycles. The summed E-state index contributed by atoms with van der Waals surface area (Å²) in [6.45, 7) is 0. The minimum atomic E-state index is -4.78. The summed E-state index contributed by atoms with van der Waals surface area (Å²) in [5, 5.41) is 0.286. The van der Waals surface area contributed by atoms with Gasteiger partial charge in [-0.1, -0.05) is 11.6 Å². The summed E-state index contributed by atoms with van der Waals surface area (Å²) in [5.41, 5.74) is 0.125. The van der Waals surface area contributed by atoms with Crippen LogP contribution in [0.2, 0.25) is 5.02 Å². The van der Waals surface area contributed by atoms with Gasteiger partial charge in [0, 0.05) is 16.5 Å². The molecular weight excluding hydrogens is 414 g/mol. The van der Waals surface area contributed by atoms with Crippen LogP contribution in [0.15, 0.2) is 59.4 Å². The zero-order valence-electron chi connectivity index (χ0n) is 14.3. The molecule has 0 fully saturated rings. The second-order valence-electron chi connectivity index (χ2n) is 6.09. The van der Waals surface area contributed by atoms with Crippen LogP contribution in [0.3, 0.4) is 0 Å². The molecule has 0 aliphatic rings. The third kappa shape index (κ3) is 3.97. The average molecular weight is 424 g/mol. The van der Waals surface area contributed by atoms with E-state index in [9.17, 15) is 22.4 Å². The maximum absolute atomic E-state index is 14.1. The third-order valence-corrected chi connectivity index (χ3v) is 4.30. The molecule has 0 atom stereocenters. The molecule has 0 saturated carbocycles. The normalized spacial score (nSPS) is 11.8. The largest absolute Gasteiger partial charge is 0.573 e. The summed E-state index contributed by atoms with van der Waals surface area (Å²) in [4.78, 5) is 15.5. The molecule has 1 aromatic heterocycles. The van der Waals surface area contributed by atoms with E-state index in [-0.39, 0.29) is 32.8 Å². The summed E-state index contributed by atoms with van der Waals surface area (Å²) < 4.78 is 60.2. The number of alkyl halides is 3. The van der Waals surface area contributed by atoms with Crippen LogP contribution in [0.5, 0.6) is 17.2 Å². The lowest BCUT2D eigenvalue weighted by Gasteiger charge is -2.11. The van der Waals surface area contributed by atoms with Gasteiger partial charge >= 0.3 is 6.36 Å². The van der Waals surface area contributed by atoms with E-state index in [0.717, 1.165) is 18.2 Å². The van der Waals surface area contributed by atoms with Crippen LogP contribution in [-0.2, 0) is 0 Å². The standard InChI is InChI=1S/C20H10ClF4NO3/c21-10-7-15(22)18-17(8-10)26-16-9-13(5-6-14(16)19(18)27)28-11-1-3-12(4-2-11)29-20(23,24)25/h1-9H,(H,26,27). The Kier molecular flexibility index (Phi) is 4.58. The molecule has 0 aliphatic heterocycles. The number of pyridine rings is 1. The molecule has 0 unspecified atom stereocenters. The van der Waals surface area contributed by atoms with Crippen LogP contribution < -0.4 is 14.9 Å². The van der Waals surface area contributed by atoms with E-state index in [1.165, 1.54) is 36.4 Å². The van der Waals surface area contributed by atoms with E-state index in [4.69, 9.17) is 16.3 Å². The molecule has 29 heavy (non-hydrogen) atoms. The van der Waals surface area contributed by atoms with Gasteiger partial charge in [0.2, 0.25) is 0 Å². The number of halogens is 5. The van der Waals surface area contributed by atoms with Crippen LogP contribution in [0, 0.1) is 5.82 Å². The molecule has 1 N–H and O–H groups in total. The van der Waals surface area contributed by atoms with Gasteiger partial charge in [-0.15, -0.1) is 13.2 Å². The van der Waals surface area contributed by atoms with Gasteiger partial charge in [0.1, 0.15) is 23.1 Å². The third-order valence-electron chi connectivity index (χ3n) is 4.08. The van der Waals surface area contributed by atoms with Crippen molar-refractivity contribution in [3.05, 3.63) is 75.7 Å². The molecule has 0 bridgehead atoms. The van der Waals surface area contributed by atoms with Gasteiger partial charge in [-0.3, -0.25) is 4.79 Å². The Balaban J connectivity index is 1.69. The molecule has 3 aromatic carbocycles. The highest BCUT2D eigenvalue weighted by atomic mass is 35.5. The summed E-state index contributed by atoms with van der Waals surface area (Å²) in [7, 11) is 0. The van der Waals surface area contributed by atoms with E-state index in [1.54, 1.807) is 0 Å². The van der Waals surface area contributed by atoms with Crippen molar-refractivity contribution in [2.75, 3.05) is 0 Å². The number of aromatic nitrogens is 1. The zero-order valence-corrected chi connectivity index (χ0v) is 15.1. The van der Waals surface area contributed by atoms with Crippen molar-refractivity contribution in [2.45, 2.75) is 6.36 Å². The van der Waals surface area contributed by atoms with Crippen LogP contribution in [0.1, 0.15) is 0 Å². The van der Waals surface area contributed by atoms with Crippen molar-refractivity contribution >= 4 is 33.4 Å². The highest BCUT2D eigenvalue weighted by Crippen LogP contribution is 2.29. The Morgan fingerprint density at radius 2 is 1.52 bits per heavy atom. The first-order valence-corrected chi connectivity index (χ1v) is 8.56. The van der Waals surface area contributed by atoms with Gasteiger partial charge in [0.15, 0.2) is 5.43 Å². The molecule has 4 aromatic rings. The first kappa shape index (κ1) is 19.1. The molecule has 148 valence electrons. The summed E-state index contributed by atoms with van der Waals surface area (Å²) in [5.74, 6) is -0.522. The lowest BCUT2D eigenvalue weighted by Crippen LogP contribution is -2.16. The first-order valence-electron chi connectivity index (χ1n) is 8.18. The minimum Gasteiger partial charge on any atom is -0.457 e. The highest BCUT2D eigenvalue weighted by molar-refractivity contribution is 6.31. The number of aromatic amines is 1. The lowest BCUT2D eigenvalue weighted by atomic mass is 10.1. The van der Waals surface area contributed by atoms with Crippen molar-refractivity contribution < 1.29 is 27.0 Å². The van der Waals surface area contributed by atoms with E-state index in [0.29, 0.717) is 11.3 Å². The number of benzene rings is 3. The molecule has 4 rings (SSSR count). The second-order valence-corrected chi connectivity index (χ2v) is 6.53. The molecular formula is C20H10ClF4NO3. The Labute approximate surface area is 165 Å². The molecule has 9 heteroatoms. The number of H-pyrrole nitrogens is 1. The monoisotopic (exact) mass is 423 g/mol. The Morgan fingerprint density at radius 1 is 0.862 bits per heavy atom. The summed E-state index contributed by atoms with van der Waals surface area (Å²) in [6, 6.07) is 11.8. The fraction of sp³-hybridized carbons (Fsp3) is 0.0500. The Hall–Kier alpha value is -3.26. The van der Waals surface area contributed by atoms with Gasteiger partial charge in [-0.25, -0.2) is 4.39 Å². The number of rotatable bonds is 3. The fourth-order valence-corrected chi connectivity index (χ4v) is 3.12. The smallest absolute Gasteiger partial charge is 0.457 e. The molecule has 0 spiro atoms. The first-order chi connectivity index (χ1) is 13.7. The minimum absolute atomic E-state index is 0.101. The maximum atomic E-state index is 14.1. The topological polar surface area (TPSA) is 51.3 Å². The van der Waals surface area contributed by atoms with Crippen LogP contribution >= 0.6 is 11.6 Å². The fourth-order valence-electron chi connectivity index (χ4n) is 2.92. The summed E-state index contributed by atoms with van der Waals surface area (Å²) in [6.07, 6.45) is -4.78. The molecule has 0 aliphatic carbocycles. The van der Waals surface area contributed by atoms with E-state index < -0.39 is 17.6 Å². The van der Waals surface area contributed by atoms with Crippen molar-refractivity contribution in [2.24, 2.45) is 0 Å². The molecule has 4 nitrogen and oxygen atoms in total. The van der Waals surface area contributed by atoms with Crippen molar-refractivity contribution in [3.8, 4) is 17.2 Å². The predicted octanol–water partition coefficient (Wildman–Crippen LogP) is 6.16. The summed E-state index contributed by atoms with van der Waals surface area (Å²) >= 11 is 5.85. The molecule has 0 amide bonds. The van der Waals surface area contributed by atoms with Crippen LogP contribution in [0.25, 0.3) is 21.8 Å². The highest BCUT2D eigenvalue weighted by Gasteiger charge is 2.31. The SMILES string of the molecule is O=c1c2ccc(Oc3ccc(OC(F)(F)F)cc3)cc2[nH]c2cc(Cl)cc(F)c12. The number of hydrogen-bond donors (Lipinski definition) is 1. The zero-order chi connectivity index (χ0) is 20.8. The van der Waals surface area contributed by atoms with Crippen molar-refractivity contribution in [1.29, 1.82) is 0 Å². The Morgan fingerprint density at radius 3 is 2.21 bits per heavy atom.